The molecule has 0 N–H and O–H groups in total. The molecular weight excluding hydrogens is 340 g/mol. The summed E-state index contributed by atoms with van der Waals surface area (Å²) in [5.74, 6) is 1.06. The molecule has 27 heavy (non-hydrogen) atoms. The molecule has 0 aliphatic carbocycles. The van der Waals surface area contributed by atoms with Crippen LogP contribution in [0.5, 0.6) is 5.75 Å². The summed E-state index contributed by atoms with van der Waals surface area (Å²) in [5, 5.41) is 0. The number of carbonyl (C=O) groups excluding carboxylic acids is 2. The lowest BCUT2D eigenvalue weighted by Gasteiger charge is -2.24. The number of amides is 2. The lowest BCUT2D eigenvalue weighted by Crippen LogP contribution is -2.38. The van der Waals surface area contributed by atoms with Gasteiger partial charge in [-0.25, -0.2) is 0 Å². The normalized spacial score (nSPS) is 23.0. The third-order valence-electron chi connectivity index (χ3n) is 5.63. The van der Waals surface area contributed by atoms with Gasteiger partial charge in [-0.1, -0.05) is 32.9 Å². The summed E-state index contributed by atoms with van der Waals surface area (Å²) in [6.07, 6.45) is 2.67. The lowest BCUT2D eigenvalue weighted by molar-refractivity contribution is -0.135. The van der Waals surface area contributed by atoms with Crippen LogP contribution in [0.3, 0.4) is 0 Å². The van der Waals surface area contributed by atoms with Gasteiger partial charge in [-0.15, -0.1) is 0 Å². The Kier molecular flexibility index (Phi) is 5.78. The summed E-state index contributed by atoms with van der Waals surface area (Å²) in [5.41, 5.74) is 1.06. The quantitative estimate of drug-likeness (QED) is 0.815. The van der Waals surface area contributed by atoms with Crippen molar-refractivity contribution >= 4 is 11.8 Å². The molecule has 0 saturated carbocycles. The van der Waals surface area contributed by atoms with Crippen LogP contribution in [-0.2, 0) is 9.59 Å². The van der Waals surface area contributed by atoms with Crippen molar-refractivity contribution in [1.82, 2.24) is 9.80 Å². The van der Waals surface area contributed by atoms with Gasteiger partial charge in [-0.3, -0.25) is 9.59 Å². The lowest BCUT2D eigenvalue weighted by atomic mass is 9.88. The monoisotopic (exact) mass is 372 g/mol. The topological polar surface area (TPSA) is 49.9 Å². The summed E-state index contributed by atoms with van der Waals surface area (Å²) < 4.78 is 5.26. The molecule has 2 fully saturated rings. The molecule has 2 aliphatic rings. The third kappa shape index (κ3) is 4.63. The van der Waals surface area contributed by atoms with Gasteiger partial charge < -0.3 is 14.5 Å². The zero-order valence-electron chi connectivity index (χ0n) is 17.0. The van der Waals surface area contributed by atoms with Crippen molar-refractivity contribution < 1.29 is 14.3 Å². The Morgan fingerprint density at radius 3 is 2.22 bits per heavy atom. The van der Waals surface area contributed by atoms with Crippen molar-refractivity contribution in [3.05, 3.63) is 29.8 Å². The second kappa shape index (κ2) is 7.91. The molecule has 5 heteroatoms. The molecule has 2 heterocycles. The van der Waals surface area contributed by atoms with Crippen molar-refractivity contribution in [2.75, 3.05) is 33.3 Å². The highest BCUT2D eigenvalue weighted by atomic mass is 16.5. The van der Waals surface area contributed by atoms with E-state index in [2.05, 4.69) is 20.8 Å². The molecule has 0 aromatic heterocycles. The van der Waals surface area contributed by atoms with E-state index in [1.807, 2.05) is 34.1 Å². The van der Waals surface area contributed by atoms with E-state index in [4.69, 9.17) is 4.74 Å². The first-order chi connectivity index (χ1) is 12.8. The van der Waals surface area contributed by atoms with Crippen molar-refractivity contribution in [2.24, 2.45) is 11.3 Å². The van der Waals surface area contributed by atoms with Gasteiger partial charge in [0.05, 0.1) is 13.0 Å². The summed E-state index contributed by atoms with van der Waals surface area (Å²) in [4.78, 5) is 29.9. The fourth-order valence-corrected chi connectivity index (χ4v) is 4.18. The fraction of sp³-hybridized carbons (Fsp3) is 0.636. The first-order valence-electron chi connectivity index (χ1n) is 9.99. The second-order valence-corrected chi connectivity index (χ2v) is 9.05. The Morgan fingerprint density at radius 2 is 1.67 bits per heavy atom. The van der Waals surface area contributed by atoms with E-state index in [0.717, 1.165) is 37.2 Å². The number of nitrogens with zero attached hydrogens (tertiary/aromatic N) is 2. The summed E-state index contributed by atoms with van der Waals surface area (Å²) >= 11 is 0. The van der Waals surface area contributed by atoms with Crippen molar-refractivity contribution in [1.29, 1.82) is 0 Å². The van der Waals surface area contributed by atoms with E-state index in [9.17, 15) is 9.59 Å². The van der Waals surface area contributed by atoms with Crippen molar-refractivity contribution in [3.8, 4) is 5.75 Å². The van der Waals surface area contributed by atoms with Gasteiger partial charge in [0.2, 0.25) is 11.8 Å². The highest BCUT2D eigenvalue weighted by molar-refractivity contribution is 5.84. The minimum atomic E-state index is -0.152. The fourth-order valence-electron chi connectivity index (χ4n) is 4.18. The van der Waals surface area contributed by atoms with Gasteiger partial charge in [0, 0.05) is 38.5 Å². The van der Waals surface area contributed by atoms with E-state index < -0.39 is 0 Å². The summed E-state index contributed by atoms with van der Waals surface area (Å²) in [6, 6.07) is 7.94. The maximum atomic E-state index is 13.2. The molecule has 0 radical (unpaired) electrons. The largest absolute Gasteiger partial charge is 0.497 e. The first-order valence-corrected chi connectivity index (χ1v) is 9.99. The minimum Gasteiger partial charge on any atom is -0.497 e. The number of carbonyl (C=O) groups is 2. The molecule has 2 saturated heterocycles. The number of rotatable bonds is 4. The van der Waals surface area contributed by atoms with Crippen LogP contribution < -0.4 is 4.74 Å². The number of hydrogen-bond donors (Lipinski definition) is 0. The molecule has 1 aromatic rings. The van der Waals surface area contributed by atoms with Gasteiger partial charge in [-0.2, -0.15) is 0 Å². The molecule has 148 valence electrons. The average molecular weight is 373 g/mol. The van der Waals surface area contributed by atoms with Gasteiger partial charge in [-0.05, 0) is 36.0 Å². The van der Waals surface area contributed by atoms with Crippen LogP contribution in [0, 0.1) is 11.3 Å². The predicted molar refractivity (Wildman–Crippen MR) is 106 cm³/mol. The van der Waals surface area contributed by atoms with E-state index in [0.29, 0.717) is 19.5 Å². The molecule has 1 aromatic carbocycles. The first kappa shape index (κ1) is 19.7. The molecule has 2 atom stereocenters. The second-order valence-electron chi connectivity index (χ2n) is 9.05. The SMILES string of the molecule is COc1ccc(C2CN(C(=O)CC(C)(C)C)CC2C(=O)N2CCCC2)cc1. The van der Waals surface area contributed by atoms with Crippen LogP contribution in [0.4, 0.5) is 0 Å². The van der Waals surface area contributed by atoms with E-state index in [1.165, 1.54) is 0 Å². The smallest absolute Gasteiger partial charge is 0.228 e. The van der Waals surface area contributed by atoms with E-state index in [-0.39, 0.29) is 29.1 Å². The van der Waals surface area contributed by atoms with Crippen LogP contribution in [-0.4, -0.2) is 54.9 Å². The number of hydrogen-bond acceptors (Lipinski definition) is 3. The maximum absolute atomic E-state index is 13.2. The average Bonchev–Trinajstić information content (AvgIpc) is 3.30. The number of benzene rings is 1. The Morgan fingerprint density at radius 1 is 1.04 bits per heavy atom. The molecule has 0 bridgehead atoms. The van der Waals surface area contributed by atoms with Crippen LogP contribution in [0.25, 0.3) is 0 Å². The Bertz CT molecular complexity index is 672. The Labute approximate surface area is 162 Å². The highest BCUT2D eigenvalue weighted by Gasteiger charge is 2.42. The van der Waals surface area contributed by atoms with Crippen LogP contribution >= 0.6 is 0 Å². The molecule has 2 unspecified atom stereocenters. The number of likely N-dealkylation sites (tertiary alicyclic amines) is 2. The van der Waals surface area contributed by atoms with E-state index >= 15 is 0 Å². The van der Waals surface area contributed by atoms with Gasteiger partial charge in [0.1, 0.15) is 5.75 Å². The molecule has 3 rings (SSSR count). The summed E-state index contributed by atoms with van der Waals surface area (Å²) in [7, 11) is 1.65. The van der Waals surface area contributed by atoms with Crippen LogP contribution in [0.2, 0.25) is 0 Å². The Balaban J connectivity index is 1.82. The van der Waals surface area contributed by atoms with Crippen molar-refractivity contribution in [2.45, 2.75) is 46.0 Å². The standard InChI is InChI=1S/C22H32N2O3/c1-22(2,3)13-20(25)24-14-18(16-7-9-17(27-4)10-8-16)19(15-24)21(26)23-11-5-6-12-23/h7-10,18-19H,5-6,11-15H2,1-4H3. The number of methoxy groups -OCH3 is 1. The zero-order chi connectivity index (χ0) is 19.6. The van der Waals surface area contributed by atoms with Gasteiger partial charge in [0.15, 0.2) is 0 Å². The van der Waals surface area contributed by atoms with Gasteiger partial charge in [0.25, 0.3) is 0 Å². The van der Waals surface area contributed by atoms with E-state index in [1.54, 1.807) is 7.11 Å². The number of ether oxygens (including phenoxy) is 1. The zero-order valence-corrected chi connectivity index (χ0v) is 17.0. The van der Waals surface area contributed by atoms with Crippen molar-refractivity contribution in [3.63, 3.8) is 0 Å². The van der Waals surface area contributed by atoms with Crippen LogP contribution in [0.15, 0.2) is 24.3 Å². The molecule has 2 aliphatic heterocycles. The predicted octanol–water partition coefficient (Wildman–Crippen LogP) is 3.30. The minimum absolute atomic E-state index is 0.0490. The van der Waals surface area contributed by atoms with Gasteiger partial charge >= 0.3 is 0 Å². The Hall–Kier alpha value is -2.04. The highest BCUT2D eigenvalue weighted by Crippen LogP contribution is 2.36. The summed E-state index contributed by atoms with van der Waals surface area (Å²) in [6.45, 7) is 9.08. The molecule has 5 nitrogen and oxygen atoms in total. The van der Waals surface area contributed by atoms with Crippen LogP contribution in [0.1, 0.15) is 51.5 Å². The maximum Gasteiger partial charge on any atom is 0.228 e. The third-order valence-corrected chi connectivity index (χ3v) is 5.63. The molecule has 0 spiro atoms. The molecule has 2 amide bonds. The molecular formula is C22H32N2O3.